The van der Waals surface area contributed by atoms with E-state index in [9.17, 15) is 18.4 Å². The molecule has 1 atom stereocenters. The smallest absolute Gasteiger partial charge is 0.389 e. The standard InChI is InChI=1S/C14H17F3N2O/c1-13(10-18,7-4-8-14(15,16)17)19-11-5-3-6-12(9-11)20-2/h3,5-6,9,19H,4,7-8H2,1-2H3. The molecule has 3 nitrogen and oxygen atoms in total. The summed E-state index contributed by atoms with van der Waals surface area (Å²) < 4.78 is 41.5. The Kier molecular flexibility index (Phi) is 5.26. The highest BCUT2D eigenvalue weighted by Crippen LogP contribution is 2.27. The third kappa shape index (κ3) is 5.39. The zero-order valence-electron chi connectivity index (χ0n) is 11.4. The summed E-state index contributed by atoms with van der Waals surface area (Å²) in [4.78, 5) is 0. The lowest BCUT2D eigenvalue weighted by Crippen LogP contribution is -2.33. The molecule has 0 fully saturated rings. The van der Waals surface area contributed by atoms with E-state index in [1.165, 1.54) is 7.11 Å². The Bertz CT molecular complexity index is 482. The first kappa shape index (κ1) is 16.2. The van der Waals surface area contributed by atoms with E-state index < -0.39 is 18.1 Å². The van der Waals surface area contributed by atoms with Gasteiger partial charge in [0.2, 0.25) is 0 Å². The van der Waals surface area contributed by atoms with Crippen LogP contribution >= 0.6 is 0 Å². The van der Waals surface area contributed by atoms with Crippen LogP contribution < -0.4 is 10.1 Å². The molecular weight excluding hydrogens is 269 g/mol. The molecule has 0 amide bonds. The van der Waals surface area contributed by atoms with Gasteiger partial charge in [-0.3, -0.25) is 0 Å². The van der Waals surface area contributed by atoms with Crippen molar-refractivity contribution in [2.75, 3.05) is 12.4 Å². The van der Waals surface area contributed by atoms with Gasteiger partial charge in [0.1, 0.15) is 11.3 Å². The van der Waals surface area contributed by atoms with Crippen LogP contribution in [0, 0.1) is 11.3 Å². The Balaban J connectivity index is 2.67. The molecule has 0 saturated carbocycles. The van der Waals surface area contributed by atoms with E-state index in [4.69, 9.17) is 4.74 Å². The maximum absolute atomic E-state index is 12.1. The normalized spacial score (nSPS) is 14.2. The van der Waals surface area contributed by atoms with Gasteiger partial charge in [0.15, 0.2) is 0 Å². The van der Waals surface area contributed by atoms with Crippen LogP contribution in [0.3, 0.4) is 0 Å². The van der Waals surface area contributed by atoms with Crippen molar-refractivity contribution in [2.24, 2.45) is 0 Å². The average Bonchev–Trinajstić information content (AvgIpc) is 2.37. The van der Waals surface area contributed by atoms with Crippen LogP contribution in [-0.4, -0.2) is 18.8 Å². The number of halogens is 3. The Morgan fingerprint density at radius 1 is 1.30 bits per heavy atom. The number of rotatable bonds is 6. The molecule has 0 aliphatic heterocycles. The van der Waals surface area contributed by atoms with Crippen LogP contribution in [0.25, 0.3) is 0 Å². The van der Waals surface area contributed by atoms with Gasteiger partial charge >= 0.3 is 6.18 Å². The molecular formula is C14H17F3N2O. The maximum Gasteiger partial charge on any atom is 0.389 e. The van der Waals surface area contributed by atoms with Crippen molar-refractivity contribution in [3.8, 4) is 11.8 Å². The first-order valence-corrected chi connectivity index (χ1v) is 6.18. The Morgan fingerprint density at radius 2 is 2.00 bits per heavy atom. The number of alkyl halides is 3. The summed E-state index contributed by atoms with van der Waals surface area (Å²) >= 11 is 0. The Morgan fingerprint density at radius 3 is 2.55 bits per heavy atom. The highest BCUT2D eigenvalue weighted by Gasteiger charge is 2.30. The molecule has 0 spiro atoms. The second kappa shape index (κ2) is 6.51. The van der Waals surface area contributed by atoms with Gasteiger partial charge in [-0.15, -0.1) is 0 Å². The number of methoxy groups -OCH3 is 1. The number of hydrogen-bond donors (Lipinski definition) is 1. The summed E-state index contributed by atoms with van der Waals surface area (Å²) in [5.41, 5.74) is -0.405. The third-order valence-corrected chi connectivity index (χ3v) is 2.87. The van der Waals surface area contributed by atoms with Gasteiger partial charge in [0, 0.05) is 18.2 Å². The Labute approximate surface area is 116 Å². The number of benzene rings is 1. The van der Waals surface area contributed by atoms with Crippen molar-refractivity contribution in [1.29, 1.82) is 5.26 Å². The fourth-order valence-electron chi connectivity index (χ4n) is 1.81. The molecule has 20 heavy (non-hydrogen) atoms. The average molecular weight is 286 g/mol. The van der Waals surface area contributed by atoms with Crippen LogP contribution in [0.2, 0.25) is 0 Å². The van der Waals surface area contributed by atoms with Gasteiger partial charge in [-0.1, -0.05) is 6.07 Å². The predicted octanol–water partition coefficient (Wildman–Crippen LogP) is 4.12. The number of nitriles is 1. The van der Waals surface area contributed by atoms with E-state index in [2.05, 4.69) is 5.32 Å². The number of hydrogen-bond acceptors (Lipinski definition) is 3. The second-order valence-corrected chi connectivity index (χ2v) is 4.77. The van der Waals surface area contributed by atoms with Crippen LogP contribution in [0.1, 0.15) is 26.2 Å². The van der Waals surface area contributed by atoms with Gasteiger partial charge in [0.25, 0.3) is 0 Å². The summed E-state index contributed by atoms with van der Waals surface area (Å²) in [5, 5.41) is 12.1. The van der Waals surface area contributed by atoms with E-state index in [1.54, 1.807) is 31.2 Å². The quantitative estimate of drug-likeness (QED) is 0.855. The van der Waals surface area contributed by atoms with E-state index in [0.717, 1.165) is 0 Å². The lowest BCUT2D eigenvalue weighted by Gasteiger charge is -2.25. The summed E-state index contributed by atoms with van der Waals surface area (Å²) in [7, 11) is 1.52. The molecule has 0 heterocycles. The molecule has 1 N–H and O–H groups in total. The predicted molar refractivity (Wildman–Crippen MR) is 70.5 cm³/mol. The number of nitrogens with zero attached hydrogens (tertiary/aromatic N) is 1. The zero-order valence-corrected chi connectivity index (χ0v) is 11.4. The molecule has 110 valence electrons. The molecule has 1 unspecified atom stereocenters. The molecule has 1 aromatic rings. The highest BCUT2D eigenvalue weighted by molar-refractivity contribution is 5.51. The summed E-state index contributed by atoms with van der Waals surface area (Å²) in [5.74, 6) is 0.616. The van der Waals surface area contributed by atoms with Crippen LogP contribution in [-0.2, 0) is 0 Å². The highest BCUT2D eigenvalue weighted by atomic mass is 19.4. The van der Waals surface area contributed by atoms with Gasteiger partial charge < -0.3 is 10.1 Å². The van der Waals surface area contributed by atoms with Crippen molar-refractivity contribution < 1.29 is 17.9 Å². The van der Waals surface area contributed by atoms with Gasteiger partial charge in [-0.25, -0.2) is 0 Å². The maximum atomic E-state index is 12.1. The number of nitrogens with one attached hydrogen (secondary N) is 1. The van der Waals surface area contributed by atoms with E-state index >= 15 is 0 Å². The van der Waals surface area contributed by atoms with Crippen molar-refractivity contribution in [3.05, 3.63) is 24.3 Å². The van der Waals surface area contributed by atoms with Crippen molar-refractivity contribution >= 4 is 5.69 Å². The fourth-order valence-corrected chi connectivity index (χ4v) is 1.81. The summed E-state index contributed by atoms with van der Waals surface area (Å²) in [6.07, 6.45) is -5.05. The monoisotopic (exact) mass is 286 g/mol. The number of ether oxygens (including phenoxy) is 1. The summed E-state index contributed by atoms with van der Waals surface area (Å²) in [6, 6.07) is 8.96. The summed E-state index contributed by atoms with van der Waals surface area (Å²) in [6.45, 7) is 1.59. The fraction of sp³-hybridized carbons (Fsp3) is 0.500. The molecule has 1 rings (SSSR count). The third-order valence-electron chi connectivity index (χ3n) is 2.87. The molecule has 0 aromatic heterocycles. The largest absolute Gasteiger partial charge is 0.497 e. The van der Waals surface area contributed by atoms with E-state index in [-0.39, 0.29) is 12.8 Å². The minimum atomic E-state index is -4.19. The molecule has 0 bridgehead atoms. The van der Waals surface area contributed by atoms with Gasteiger partial charge in [-0.05, 0) is 31.9 Å². The molecule has 0 aliphatic carbocycles. The van der Waals surface area contributed by atoms with E-state index in [1.807, 2.05) is 6.07 Å². The van der Waals surface area contributed by atoms with Gasteiger partial charge in [-0.2, -0.15) is 18.4 Å². The molecule has 0 radical (unpaired) electrons. The van der Waals surface area contributed by atoms with Crippen molar-refractivity contribution in [2.45, 2.75) is 37.9 Å². The number of anilines is 1. The van der Waals surface area contributed by atoms with E-state index in [0.29, 0.717) is 11.4 Å². The first-order valence-electron chi connectivity index (χ1n) is 6.18. The molecule has 0 aliphatic rings. The minimum Gasteiger partial charge on any atom is -0.497 e. The zero-order chi connectivity index (χ0) is 15.2. The second-order valence-electron chi connectivity index (χ2n) is 4.77. The molecule has 0 saturated heterocycles. The first-order chi connectivity index (χ1) is 9.28. The minimum absolute atomic E-state index is 0.0927. The Hall–Kier alpha value is -1.90. The SMILES string of the molecule is COc1cccc(NC(C)(C#N)CCCC(F)(F)F)c1. The van der Waals surface area contributed by atoms with Crippen LogP contribution in [0.15, 0.2) is 24.3 Å². The van der Waals surface area contributed by atoms with Crippen molar-refractivity contribution in [1.82, 2.24) is 0 Å². The molecule has 1 aromatic carbocycles. The topological polar surface area (TPSA) is 45.0 Å². The van der Waals surface area contributed by atoms with Gasteiger partial charge in [0.05, 0.1) is 13.2 Å². The van der Waals surface area contributed by atoms with Crippen molar-refractivity contribution in [3.63, 3.8) is 0 Å². The lowest BCUT2D eigenvalue weighted by molar-refractivity contribution is -0.135. The van der Waals surface area contributed by atoms with Crippen LogP contribution in [0.5, 0.6) is 5.75 Å². The lowest BCUT2D eigenvalue weighted by atomic mass is 9.96. The molecule has 6 heteroatoms. The van der Waals surface area contributed by atoms with Crippen LogP contribution in [0.4, 0.5) is 18.9 Å².